The molecule has 6 nitrogen and oxygen atoms in total. The average Bonchev–Trinajstić information content (AvgIpc) is 3.26. The minimum atomic E-state index is 0.0803. The van der Waals surface area contributed by atoms with Gasteiger partial charge < -0.3 is 13.9 Å². The first-order chi connectivity index (χ1) is 13.6. The van der Waals surface area contributed by atoms with E-state index in [0.29, 0.717) is 12.1 Å². The van der Waals surface area contributed by atoms with Gasteiger partial charge in [-0.3, -0.25) is 4.79 Å². The van der Waals surface area contributed by atoms with Crippen molar-refractivity contribution in [3.05, 3.63) is 65.9 Å². The molecule has 0 aliphatic carbocycles. The van der Waals surface area contributed by atoms with Gasteiger partial charge in [0.2, 0.25) is 0 Å². The first-order valence-electron chi connectivity index (χ1n) is 9.76. The number of hydrogen-bond acceptors (Lipinski definition) is 3. The van der Waals surface area contributed by atoms with Crippen molar-refractivity contribution in [1.29, 1.82) is 0 Å². The van der Waals surface area contributed by atoms with Gasteiger partial charge in [0.15, 0.2) is 0 Å². The van der Waals surface area contributed by atoms with Crippen molar-refractivity contribution in [3.8, 4) is 0 Å². The number of pyridine rings is 1. The van der Waals surface area contributed by atoms with E-state index in [0.717, 1.165) is 47.6 Å². The highest BCUT2D eigenvalue weighted by atomic mass is 16.2. The maximum absolute atomic E-state index is 13.1. The molecule has 1 fully saturated rings. The Morgan fingerprint density at radius 1 is 1.11 bits per heavy atom. The number of hydrogen-bond donors (Lipinski definition) is 0. The van der Waals surface area contributed by atoms with Gasteiger partial charge in [0.25, 0.3) is 5.91 Å². The molecule has 0 radical (unpaired) electrons. The summed E-state index contributed by atoms with van der Waals surface area (Å²) in [6.45, 7) is 3.46. The van der Waals surface area contributed by atoms with E-state index in [-0.39, 0.29) is 11.8 Å². The zero-order valence-corrected chi connectivity index (χ0v) is 16.2. The third kappa shape index (κ3) is 2.76. The maximum Gasteiger partial charge on any atom is 0.255 e. The van der Waals surface area contributed by atoms with Crippen LogP contribution < -0.4 is 0 Å². The Morgan fingerprint density at radius 3 is 2.82 bits per heavy atom. The van der Waals surface area contributed by atoms with Gasteiger partial charge in [-0.25, -0.2) is 9.97 Å². The van der Waals surface area contributed by atoms with Crippen LogP contribution in [0.15, 0.2) is 48.8 Å². The van der Waals surface area contributed by atoms with Crippen LogP contribution in [-0.4, -0.2) is 42.8 Å². The van der Waals surface area contributed by atoms with Gasteiger partial charge in [-0.05, 0) is 44.0 Å². The SMILES string of the molecule is Cc1cn2cc(C(=O)N3CCC[C@H](c4nc5ccccc5n4C)C3)ccc2n1. The molecule has 1 aliphatic rings. The summed E-state index contributed by atoms with van der Waals surface area (Å²) in [5.74, 6) is 1.41. The highest BCUT2D eigenvalue weighted by Gasteiger charge is 2.28. The molecule has 0 bridgehead atoms. The number of aromatic nitrogens is 4. The lowest BCUT2D eigenvalue weighted by atomic mass is 9.96. The summed E-state index contributed by atoms with van der Waals surface area (Å²) in [6.07, 6.45) is 5.88. The number of para-hydroxylation sites is 2. The zero-order chi connectivity index (χ0) is 19.3. The molecule has 3 aromatic heterocycles. The predicted molar refractivity (Wildman–Crippen MR) is 109 cm³/mol. The molecule has 1 atom stereocenters. The fourth-order valence-corrected chi connectivity index (χ4v) is 4.33. The smallest absolute Gasteiger partial charge is 0.255 e. The number of carbonyl (C=O) groups excluding carboxylic acids is 1. The summed E-state index contributed by atoms with van der Waals surface area (Å²) >= 11 is 0. The van der Waals surface area contributed by atoms with E-state index in [1.54, 1.807) is 0 Å². The number of carbonyl (C=O) groups is 1. The van der Waals surface area contributed by atoms with Crippen LogP contribution in [0, 0.1) is 6.92 Å². The molecule has 0 N–H and O–H groups in total. The fraction of sp³-hybridized carbons (Fsp3) is 0.318. The van der Waals surface area contributed by atoms with Crippen molar-refractivity contribution in [3.63, 3.8) is 0 Å². The molecule has 4 aromatic rings. The minimum Gasteiger partial charge on any atom is -0.338 e. The Labute approximate surface area is 163 Å². The van der Waals surface area contributed by atoms with Crippen LogP contribution in [0.3, 0.4) is 0 Å². The number of fused-ring (bicyclic) bond motifs is 2. The van der Waals surface area contributed by atoms with Gasteiger partial charge in [-0.2, -0.15) is 0 Å². The third-order valence-electron chi connectivity index (χ3n) is 5.71. The fourth-order valence-electron chi connectivity index (χ4n) is 4.33. The lowest BCUT2D eigenvalue weighted by Crippen LogP contribution is -2.39. The summed E-state index contributed by atoms with van der Waals surface area (Å²) in [7, 11) is 2.07. The molecule has 1 saturated heterocycles. The van der Waals surface area contributed by atoms with Gasteiger partial charge in [-0.15, -0.1) is 0 Å². The quantitative estimate of drug-likeness (QED) is 0.540. The van der Waals surface area contributed by atoms with Gasteiger partial charge in [0.05, 0.1) is 22.3 Å². The molecule has 0 unspecified atom stereocenters. The molecule has 0 saturated carbocycles. The van der Waals surface area contributed by atoms with Gasteiger partial charge >= 0.3 is 0 Å². The number of piperidine rings is 1. The lowest BCUT2D eigenvalue weighted by molar-refractivity contribution is 0.0703. The van der Waals surface area contributed by atoms with Crippen molar-refractivity contribution in [2.45, 2.75) is 25.7 Å². The summed E-state index contributed by atoms with van der Waals surface area (Å²) in [5.41, 5.74) is 4.68. The number of rotatable bonds is 2. The number of amides is 1. The summed E-state index contributed by atoms with van der Waals surface area (Å²) in [6, 6.07) is 12.0. The molecule has 142 valence electrons. The zero-order valence-electron chi connectivity index (χ0n) is 16.2. The van der Waals surface area contributed by atoms with Crippen molar-refractivity contribution < 1.29 is 4.79 Å². The van der Waals surface area contributed by atoms with Crippen molar-refractivity contribution in [2.75, 3.05) is 13.1 Å². The second-order valence-electron chi connectivity index (χ2n) is 7.67. The standard InChI is InChI=1S/C22H23N5O/c1-15-12-27-14-17(9-10-20(27)23-15)22(28)26-11-5-6-16(13-26)21-24-18-7-3-4-8-19(18)25(21)2/h3-4,7-10,12,14,16H,5-6,11,13H2,1-2H3/t16-/m0/s1. The van der Waals surface area contributed by atoms with Gasteiger partial charge in [0.1, 0.15) is 11.5 Å². The van der Waals surface area contributed by atoms with Crippen LogP contribution in [0.1, 0.15) is 40.6 Å². The number of benzene rings is 1. The Hall–Kier alpha value is -3.15. The number of likely N-dealkylation sites (tertiary alicyclic amines) is 1. The van der Waals surface area contributed by atoms with Gasteiger partial charge in [0, 0.05) is 38.4 Å². The first-order valence-corrected chi connectivity index (χ1v) is 9.76. The minimum absolute atomic E-state index is 0.0803. The third-order valence-corrected chi connectivity index (χ3v) is 5.71. The molecular weight excluding hydrogens is 350 g/mol. The Kier molecular flexibility index (Phi) is 3.93. The maximum atomic E-state index is 13.1. The molecule has 6 heteroatoms. The van der Waals surface area contributed by atoms with Crippen LogP contribution in [-0.2, 0) is 7.05 Å². The van der Waals surface area contributed by atoms with E-state index in [9.17, 15) is 4.79 Å². The summed E-state index contributed by atoms with van der Waals surface area (Å²) in [4.78, 5) is 24.4. The number of nitrogens with zero attached hydrogens (tertiary/aromatic N) is 5. The van der Waals surface area contributed by atoms with E-state index >= 15 is 0 Å². The van der Waals surface area contributed by atoms with Crippen LogP contribution in [0.2, 0.25) is 0 Å². The number of imidazole rings is 2. The van der Waals surface area contributed by atoms with Crippen LogP contribution >= 0.6 is 0 Å². The van der Waals surface area contributed by atoms with Crippen LogP contribution in [0.25, 0.3) is 16.7 Å². The normalized spacial score (nSPS) is 17.5. The highest BCUT2D eigenvalue weighted by molar-refractivity contribution is 5.94. The Balaban J connectivity index is 1.42. The van der Waals surface area contributed by atoms with Crippen molar-refractivity contribution >= 4 is 22.6 Å². The van der Waals surface area contributed by atoms with E-state index in [1.807, 2.05) is 58.9 Å². The Bertz CT molecular complexity index is 1190. The molecular formula is C22H23N5O. The van der Waals surface area contributed by atoms with Gasteiger partial charge in [-0.1, -0.05) is 12.1 Å². The second kappa shape index (κ2) is 6.48. The lowest BCUT2D eigenvalue weighted by Gasteiger charge is -2.32. The first kappa shape index (κ1) is 17.0. The van der Waals surface area contributed by atoms with Crippen LogP contribution in [0.4, 0.5) is 0 Å². The molecule has 0 spiro atoms. The van der Waals surface area contributed by atoms with Crippen molar-refractivity contribution in [1.82, 2.24) is 23.8 Å². The molecule has 1 aromatic carbocycles. The molecule has 1 amide bonds. The van der Waals surface area contributed by atoms with E-state index < -0.39 is 0 Å². The Morgan fingerprint density at radius 2 is 1.96 bits per heavy atom. The topological polar surface area (TPSA) is 55.4 Å². The van der Waals surface area contributed by atoms with E-state index in [2.05, 4.69) is 22.7 Å². The predicted octanol–water partition coefficient (Wildman–Crippen LogP) is 3.55. The largest absolute Gasteiger partial charge is 0.338 e. The molecule has 5 rings (SSSR count). The second-order valence-corrected chi connectivity index (χ2v) is 7.67. The summed E-state index contributed by atoms with van der Waals surface area (Å²) in [5, 5.41) is 0. The molecule has 4 heterocycles. The molecule has 28 heavy (non-hydrogen) atoms. The van der Waals surface area contributed by atoms with Crippen molar-refractivity contribution in [2.24, 2.45) is 7.05 Å². The highest BCUT2D eigenvalue weighted by Crippen LogP contribution is 2.29. The van der Waals surface area contributed by atoms with E-state index in [4.69, 9.17) is 4.98 Å². The molecule has 1 aliphatic heterocycles. The van der Waals surface area contributed by atoms with Crippen LogP contribution in [0.5, 0.6) is 0 Å². The van der Waals surface area contributed by atoms with E-state index in [1.165, 1.54) is 0 Å². The summed E-state index contributed by atoms with van der Waals surface area (Å²) < 4.78 is 4.10. The monoisotopic (exact) mass is 373 g/mol. The number of aryl methyl sites for hydroxylation is 2. The average molecular weight is 373 g/mol.